The number of rotatable bonds is 6. The number of ether oxygens (including phenoxy) is 1. The first-order valence-electron chi connectivity index (χ1n) is 6.61. The predicted molar refractivity (Wildman–Crippen MR) is 69.7 cm³/mol. The number of cyclic esters (lactones) is 1. The Kier molecular flexibility index (Phi) is 4.54. The van der Waals surface area contributed by atoms with E-state index < -0.39 is 6.09 Å². The van der Waals surface area contributed by atoms with Crippen molar-refractivity contribution in [2.45, 2.75) is 26.4 Å². The number of amides is 2. The number of nitrogens with zero attached hydrogens (tertiary/aromatic N) is 4. The monoisotopic (exact) mass is 281 g/mol. The maximum absolute atomic E-state index is 12.0. The van der Waals surface area contributed by atoms with Gasteiger partial charge in [0.15, 0.2) is 0 Å². The standard InChI is InChI=1S/C12H19N5O3/c1-9(2)10(7-17-13-3-4-14-17)15-11(18)8-16-5-6-20-12(16)19/h3-4,9-10H,5-8H2,1-2H3,(H,15,18). The van der Waals surface area contributed by atoms with Gasteiger partial charge in [0.2, 0.25) is 5.91 Å². The molecule has 8 heteroatoms. The lowest BCUT2D eigenvalue weighted by Crippen LogP contribution is -2.46. The lowest BCUT2D eigenvalue weighted by molar-refractivity contribution is -0.122. The zero-order valence-electron chi connectivity index (χ0n) is 11.7. The van der Waals surface area contributed by atoms with E-state index in [-0.39, 0.29) is 24.4 Å². The van der Waals surface area contributed by atoms with Gasteiger partial charge in [0, 0.05) is 0 Å². The fraction of sp³-hybridized carbons (Fsp3) is 0.667. The normalized spacial score (nSPS) is 16.4. The summed E-state index contributed by atoms with van der Waals surface area (Å²) in [4.78, 5) is 26.2. The number of nitrogens with one attached hydrogen (secondary N) is 1. The summed E-state index contributed by atoms with van der Waals surface area (Å²) in [5.41, 5.74) is 0. The first-order valence-corrected chi connectivity index (χ1v) is 6.61. The molecule has 1 aliphatic rings. The van der Waals surface area contributed by atoms with E-state index in [1.807, 2.05) is 13.8 Å². The van der Waals surface area contributed by atoms with Crippen LogP contribution < -0.4 is 5.32 Å². The Hall–Kier alpha value is -2.12. The highest BCUT2D eigenvalue weighted by Gasteiger charge is 2.25. The summed E-state index contributed by atoms with van der Waals surface area (Å²) in [6.07, 6.45) is 2.76. The smallest absolute Gasteiger partial charge is 0.410 e. The third kappa shape index (κ3) is 3.69. The van der Waals surface area contributed by atoms with Gasteiger partial charge in [0.25, 0.3) is 0 Å². The average molecular weight is 281 g/mol. The van der Waals surface area contributed by atoms with Gasteiger partial charge in [-0.05, 0) is 5.92 Å². The second-order valence-corrected chi connectivity index (χ2v) is 5.04. The molecule has 1 aromatic heterocycles. The summed E-state index contributed by atoms with van der Waals surface area (Å²) in [5.74, 6) is 0.0326. The van der Waals surface area contributed by atoms with Crippen LogP contribution >= 0.6 is 0 Å². The number of aromatic nitrogens is 3. The van der Waals surface area contributed by atoms with Crippen molar-refractivity contribution in [2.75, 3.05) is 19.7 Å². The molecular formula is C12H19N5O3. The Labute approximate surface area is 117 Å². The van der Waals surface area contributed by atoms with Gasteiger partial charge in [-0.1, -0.05) is 13.8 Å². The Morgan fingerprint density at radius 3 is 2.70 bits per heavy atom. The van der Waals surface area contributed by atoms with Gasteiger partial charge in [-0.3, -0.25) is 9.69 Å². The molecule has 1 unspecified atom stereocenters. The molecule has 0 radical (unpaired) electrons. The quantitative estimate of drug-likeness (QED) is 0.784. The first kappa shape index (κ1) is 14.3. The molecule has 0 spiro atoms. The van der Waals surface area contributed by atoms with Gasteiger partial charge >= 0.3 is 6.09 Å². The third-order valence-corrected chi connectivity index (χ3v) is 3.16. The van der Waals surface area contributed by atoms with Gasteiger partial charge in [-0.2, -0.15) is 15.0 Å². The number of hydrogen-bond donors (Lipinski definition) is 1. The molecule has 20 heavy (non-hydrogen) atoms. The molecule has 0 saturated carbocycles. The number of hydrogen-bond acceptors (Lipinski definition) is 5. The molecule has 0 aliphatic carbocycles. The highest BCUT2D eigenvalue weighted by atomic mass is 16.6. The highest BCUT2D eigenvalue weighted by Crippen LogP contribution is 2.06. The van der Waals surface area contributed by atoms with E-state index in [0.29, 0.717) is 19.7 Å². The van der Waals surface area contributed by atoms with Crippen molar-refractivity contribution < 1.29 is 14.3 Å². The fourth-order valence-electron chi connectivity index (χ4n) is 1.93. The average Bonchev–Trinajstić information content (AvgIpc) is 3.01. The van der Waals surface area contributed by atoms with Crippen molar-refractivity contribution >= 4 is 12.0 Å². The topological polar surface area (TPSA) is 89.3 Å². The summed E-state index contributed by atoms with van der Waals surface area (Å²) in [6, 6.07) is -0.0893. The van der Waals surface area contributed by atoms with E-state index in [0.717, 1.165) is 0 Å². The Bertz CT molecular complexity index is 460. The van der Waals surface area contributed by atoms with Crippen LogP contribution in [0, 0.1) is 5.92 Å². The summed E-state index contributed by atoms with van der Waals surface area (Å²) in [5, 5.41) is 11.0. The van der Waals surface area contributed by atoms with Crippen LogP contribution in [-0.4, -0.2) is 57.6 Å². The molecule has 1 fully saturated rings. The van der Waals surface area contributed by atoms with Gasteiger partial charge in [-0.25, -0.2) is 4.79 Å². The number of carbonyl (C=O) groups excluding carboxylic acids is 2. The molecule has 2 rings (SSSR count). The molecule has 2 heterocycles. The maximum Gasteiger partial charge on any atom is 0.410 e. The van der Waals surface area contributed by atoms with Crippen molar-refractivity contribution in [3.63, 3.8) is 0 Å². The van der Waals surface area contributed by atoms with Gasteiger partial charge in [0.05, 0.1) is 31.5 Å². The van der Waals surface area contributed by atoms with Crippen molar-refractivity contribution in [1.29, 1.82) is 0 Å². The van der Waals surface area contributed by atoms with Crippen LogP contribution in [0.3, 0.4) is 0 Å². The zero-order valence-corrected chi connectivity index (χ0v) is 11.7. The van der Waals surface area contributed by atoms with Crippen molar-refractivity contribution in [1.82, 2.24) is 25.2 Å². The second kappa shape index (κ2) is 6.36. The maximum atomic E-state index is 12.0. The molecule has 1 N–H and O–H groups in total. The Balaban J connectivity index is 1.87. The molecule has 2 amide bonds. The van der Waals surface area contributed by atoms with Crippen molar-refractivity contribution in [2.24, 2.45) is 5.92 Å². The Morgan fingerprint density at radius 1 is 1.45 bits per heavy atom. The van der Waals surface area contributed by atoms with Crippen LogP contribution in [0.2, 0.25) is 0 Å². The molecule has 1 atom stereocenters. The van der Waals surface area contributed by atoms with Gasteiger partial charge < -0.3 is 10.1 Å². The van der Waals surface area contributed by atoms with Gasteiger partial charge in [0.1, 0.15) is 13.2 Å². The van der Waals surface area contributed by atoms with Crippen LogP contribution in [-0.2, 0) is 16.1 Å². The first-order chi connectivity index (χ1) is 9.56. The van der Waals surface area contributed by atoms with E-state index in [1.54, 1.807) is 12.4 Å². The SMILES string of the molecule is CC(C)C(Cn1nccn1)NC(=O)CN1CCOC1=O. The molecule has 110 valence electrons. The largest absolute Gasteiger partial charge is 0.448 e. The lowest BCUT2D eigenvalue weighted by Gasteiger charge is -2.23. The van der Waals surface area contributed by atoms with Crippen molar-refractivity contribution in [3.8, 4) is 0 Å². The molecule has 1 aromatic rings. The summed E-state index contributed by atoms with van der Waals surface area (Å²) < 4.78 is 4.79. The van der Waals surface area contributed by atoms with E-state index in [4.69, 9.17) is 4.74 Å². The minimum Gasteiger partial charge on any atom is -0.448 e. The predicted octanol–water partition coefficient (Wildman–Crippen LogP) is -0.129. The molecule has 1 saturated heterocycles. The van der Waals surface area contributed by atoms with E-state index in [1.165, 1.54) is 9.70 Å². The van der Waals surface area contributed by atoms with Crippen LogP contribution in [0.1, 0.15) is 13.8 Å². The van der Waals surface area contributed by atoms with E-state index in [2.05, 4.69) is 15.5 Å². The summed E-state index contributed by atoms with van der Waals surface area (Å²) in [7, 11) is 0. The van der Waals surface area contributed by atoms with Crippen LogP contribution in [0.25, 0.3) is 0 Å². The molecule has 1 aliphatic heterocycles. The third-order valence-electron chi connectivity index (χ3n) is 3.16. The summed E-state index contributed by atoms with van der Waals surface area (Å²) in [6.45, 7) is 5.35. The fourth-order valence-corrected chi connectivity index (χ4v) is 1.93. The van der Waals surface area contributed by atoms with Crippen LogP contribution in [0.15, 0.2) is 12.4 Å². The molecule has 8 nitrogen and oxygen atoms in total. The van der Waals surface area contributed by atoms with E-state index in [9.17, 15) is 9.59 Å². The highest BCUT2D eigenvalue weighted by molar-refractivity contribution is 5.82. The minimum absolute atomic E-state index is 0.0224. The second-order valence-electron chi connectivity index (χ2n) is 5.04. The van der Waals surface area contributed by atoms with Crippen LogP contribution in [0.5, 0.6) is 0 Å². The van der Waals surface area contributed by atoms with Gasteiger partial charge in [-0.15, -0.1) is 0 Å². The Morgan fingerprint density at radius 2 is 2.15 bits per heavy atom. The minimum atomic E-state index is -0.435. The molecular weight excluding hydrogens is 262 g/mol. The van der Waals surface area contributed by atoms with Crippen LogP contribution in [0.4, 0.5) is 4.79 Å². The molecule has 0 aromatic carbocycles. The lowest BCUT2D eigenvalue weighted by atomic mass is 10.0. The molecule has 0 bridgehead atoms. The zero-order chi connectivity index (χ0) is 14.5. The summed E-state index contributed by atoms with van der Waals surface area (Å²) >= 11 is 0. The van der Waals surface area contributed by atoms with E-state index >= 15 is 0 Å². The number of carbonyl (C=O) groups is 2. The van der Waals surface area contributed by atoms with Crippen molar-refractivity contribution in [3.05, 3.63) is 12.4 Å².